The minimum absolute atomic E-state index is 0.00671. The summed E-state index contributed by atoms with van der Waals surface area (Å²) in [6.07, 6.45) is 7.41. The molecule has 0 unspecified atom stereocenters. The van der Waals surface area contributed by atoms with Crippen LogP contribution in [0.2, 0.25) is 0 Å². The number of carbonyl (C=O) groups is 4. The Morgan fingerprint density at radius 3 is 2.52 bits per heavy atom. The van der Waals surface area contributed by atoms with Crippen molar-refractivity contribution in [3.63, 3.8) is 0 Å². The molecule has 2 aliphatic heterocycles. The van der Waals surface area contributed by atoms with Crippen molar-refractivity contribution in [2.45, 2.75) is 111 Å². The lowest BCUT2D eigenvalue weighted by Crippen LogP contribution is -2.53. The number of ether oxygens (including phenoxy) is 1. The van der Waals surface area contributed by atoms with Crippen molar-refractivity contribution in [1.29, 1.82) is 5.26 Å². The smallest absolute Gasteiger partial charge is 0.407 e. The zero-order valence-corrected chi connectivity index (χ0v) is 37.8. The van der Waals surface area contributed by atoms with E-state index in [0.29, 0.717) is 88.6 Å². The molecule has 1 aliphatic carbocycles. The molecule has 336 valence electrons. The van der Waals surface area contributed by atoms with Crippen molar-refractivity contribution in [1.82, 2.24) is 35.0 Å². The fourth-order valence-corrected chi connectivity index (χ4v) is 9.66. The van der Waals surface area contributed by atoms with Gasteiger partial charge in [0.25, 0.3) is 0 Å². The van der Waals surface area contributed by atoms with Gasteiger partial charge in [0.15, 0.2) is 11.7 Å². The number of aryl methyl sites for hydroxylation is 2. The number of hydrogen-bond acceptors (Lipinski definition) is 10. The molecule has 7 rings (SSSR count). The van der Waals surface area contributed by atoms with E-state index in [1.807, 2.05) is 28.5 Å². The fourth-order valence-electron chi connectivity index (χ4n) is 9.66. The Morgan fingerprint density at radius 2 is 1.83 bits per heavy atom. The number of carbonyl (C=O) groups excluding carboxylic acids is 4. The van der Waals surface area contributed by atoms with Gasteiger partial charge in [-0.05, 0) is 79.5 Å². The monoisotopic (exact) mass is 861 g/mol. The first-order chi connectivity index (χ1) is 30.1. The molecule has 3 amide bonds. The summed E-state index contributed by atoms with van der Waals surface area (Å²) in [6.45, 7) is 18.4. The van der Waals surface area contributed by atoms with Crippen LogP contribution in [0.3, 0.4) is 0 Å². The van der Waals surface area contributed by atoms with Gasteiger partial charge in [0, 0.05) is 104 Å². The second-order valence-electron chi connectivity index (χ2n) is 18.6. The van der Waals surface area contributed by atoms with Crippen LogP contribution >= 0.6 is 0 Å². The summed E-state index contributed by atoms with van der Waals surface area (Å²) in [5, 5.41) is 16.4. The number of likely N-dealkylation sites (tertiary alicyclic amines) is 1. The Bertz CT molecular complexity index is 2380. The number of nitriles is 1. The first kappa shape index (κ1) is 45.2. The van der Waals surface area contributed by atoms with Crippen LogP contribution in [0.1, 0.15) is 118 Å². The molecule has 0 spiro atoms. The summed E-state index contributed by atoms with van der Waals surface area (Å²) in [7, 11) is 0. The molecule has 0 bridgehead atoms. The molecule has 5 N–H and O–H groups in total. The Labute approximate surface area is 370 Å². The van der Waals surface area contributed by atoms with Gasteiger partial charge in [-0.3, -0.25) is 14.4 Å². The molecule has 2 aromatic carbocycles. The number of nitrogens with one attached hydrogen (secondary N) is 3. The third-order valence-electron chi connectivity index (χ3n) is 13.4. The largest absolute Gasteiger partial charge is 0.450 e. The van der Waals surface area contributed by atoms with E-state index in [0.717, 1.165) is 71.3 Å². The van der Waals surface area contributed by atoms with Gasteiger partial charge in [-0.25, -0.2) is 9.78 Å². The molecule has 0 radical (unpaired) electrons. The standard InChI is InChI=1S/C48H64N10O5/c1-7-9-24-63-46(62)53-36(12-10-18-58-19-16-51-45(58)50)44(61)54-39-29-55(30-47(39,3)4)17-11-13-40(59)57-22-20-56(21-23-57)38-27-35-34(26-32(38)8-2)42(60)41-33-15-14-31(28-49)25-37(33)52-43(41)48(35,5)6/h14-16,19,25-27,36,39,52H,7-13,17-18,20-24,29-30H2,1-6H3,(H2,50,51)(H,53,62)(H,54,61)/t36-,39+/m1/s1. The zero-order chi connectivity index (χ0) is 45.1. The van der Waals surface area contributed by atoms with Gasteiger partial charge in [0.1, 0.15) is 6.04 Å². The van der Waals surface area contributed by atoms with Crippen LogP contribution in [0.4, 0.5) is 16.4 Å². The number of ketones is 1. The predicted octanol–water partition coefficient (Wildman–Crippen LogP) is 5.88. The predicted molar refractivity (Wildman–Crippen MR) is 244 cm³/mol. The van der Waals surface area contributed by atoms with Crippen LogP contribution in [0.5, 0.6) is 0 Å². The number of aromatic amines is 1. The summed E-state index contributed by atoms with van der Waals surface area (Å²) in [5.74, 6) is 0.315. The molecule has 2 aromatic heterocycles. The number of nitrogen functional groups attached to an aromatic ring is 1. The summed E-state index contributed by atoms with van der Waals surface area (Å²) in [6, 6.07) is 11.0. The van der Waals surface area contributed by atoms with Crippen LogP contribution in [-0.4, -0.2) is 113 Å². The average molecular weight is 861 g/mol. The van der Waals surface area contributed by atoms with Crippen molar-refractivity contribution in [2.24, 2.45) is 5.41 Å². The molecule has 4 aromatic rings. The number of rotatable bonds is 16. The van der Waals surface area contributed by atoms with Crippen molar-refractivity contribution in [3.8, 4) is 6.07 Å². The summed E-state index contributed by atoms with van der Waals surface area (Å²) in [5.41, 5.74) is 12.1. The number of fused-ring (bicyclic) bond motifs is 4. The highest BCUT2D eigenvalue weighted by Gasteiger charge is 2.42. The zero-order valence-electron chi connectivity index (χ0n) is 37.8. The summed E-state index contributed by atoms with van der Waals surface area (Å²) >= 11 is 0. The highest BCUT2D eigenvalue weighted by Crippen LogP contribution is 2.46. The second-order valence-corrected chi connectivity index (χ2v) is 18.6. The van der Waals surface area contributed by atoms with Gasteiger partial charge < -0.3 is 45.4 Å². The second kappa shape index (κ2) is 18.8. The first-order valence-corrected chi connectivity index (χ1v) is 22.7. The number of piperazine rings is 1. The Kier molecular flexibility index (Phi) is 13.5. The minimum atomic E-state index is -0.766. The molecule has 15 heteroatoms. The molecule has 3 aliphatic rings. The number of hydrogen-bond donors (Lipinski definition) is 4. The lowest BCUT2D eigenvalue weighted by Gasteiger charge is -2.39. The van der Waals surface area contributed by atoms with Gasteiger partial charge in [-0.15, -0.1) is 0 Å². The normalized spacial score (nSPS) is 18.4. The van der Waals surface area contributed by atoms with E-state index in [4.69, 9.17) is 10.5 Å². The lowest BCUT2D eigenvalue weighted by atomic mass is 9.70. The van der Waals surface area contributed by atoms with Crippen molar-refractivity contribution < 1.29 is 23.9 Å². The molecular weight excluding hydrogens is 797 g/mol. The maximum absolute atomic E-state index is 14.1. The number of nitrogens with two attached hydrogens (primary N) is 1. The number of amides is 3. The van der Waals surface area contributed by atoms with Crippen LogP contribution in [-0.2, 0) is 32.7 Å². The van der Waals surface area contributed by atoms with E-state index >= 15 is 0 Å². The van der Waals surface area contributed by atoms with Crippen molar-refractivity contribution in [2.75, 3.05) is 63.1 Å². The van der Waals surface area contributed by atoms with Crippen LogP contribution < -0.4 is 21.3 Å². The van der Waals surface area contributed by atoms with E-state index < -0.39 is 17.6 Å². The third kappa shape index (κ3) is 9.56. The van der Waals surface area contributed by atoms with E-state index in [1.54, 1.807) is 18.5 Å². The number of imidazole rings is 1. The van der Waals surface area contributed by atoms with E-state index in [2.05, 4.69) is 83.2 Å². The molecule has 2 atom stereocenters. The topological polar surface area (TPSA) is 195 Å². The number of aromatic nitrogens is 3. The van der Waals surface area contributed by atoms with Crippen LogP contribution in [0.15, 0.2) is 42.7 Å². The first-order valence-electron chi connectivity index (χ1n) is 22.7. The molecule has 4 heterocycles. The average Bonchev–Trinajstić information content (AvgIpc) is 3.95. The van der Waals surface area contributed by atoms with Gasteiger partial charge in [0.2, 0.25) is 11.8 Å². The highest BCUT2D eigenvalue weighted by molar-refractivity contribution is 6.20. The number of unbranched alkanes of at least 4 members (excludes halogenated alkanes) is 1. The van der Waals surface area contributed by atoms with E-state index in [9.17, 15) is 24.4 Å². The number of benzene rings is 2. The summed E-state index contributed by atoms with van der Waals surface area (Å²) < 4.78 is 7.15. The molecular formula is C48H64N10O5. The number of alkyl carbamates (subject to hydrolysis) is 1. The summed E-state index contributed by atoms with van der Waals surface area (Å²) in [4.78, 5) is 68.3. The lowest BCUT2D eigenvalue weighted by molar-refractivity contribution is -0.131. The minimum Gasteiger partial charge on any atom is -0.450 e. The van der Waals surface area contributed by atoms with Gasteiger partial charge >= 0.3 is 6.09 Å². The van der Waals surface area contributed by atoms with Gasteiger partial charge in [-0.2, -0.15) is 5.26 Å². The molecule has 0 saturated carbocycles. The molecule has 2 saturated heterocycles. The molecule has 2 fully saturated rings. The van der Waals surface area contributed by atoms with E-state index in [1.165, 1.54) is 0 Å². The van der Waals surface area contributed by atoms with Gasteiger partial charge in [0.05, 0.1) is 23.8 Å². The van der Waals surface area contributed by atoms with Crippen LogP contribution in [0, 0.1) is 16.7 Å². The number of nitrogens with zero attached hydrogens (tertiary/aromatic N) is 6. The Balaban J connectivity index is 0.916. The van der Waals surface area contributed by atoms with Gasteiger partial charge in [-0.1, -0.05) is 54.0 Å². The third-order valence-corrected chi connectivity index (χ3v) is 13.4. The number of anilines is 2. The van der Waals surface area contributed by atoms with Crippen molar-refractivity contribution >= 4 is 46.2 Å². The molecule has 63 heavy (non-hydrogen) atoms. The fraction of sp³-hybridized carbons (Fsp3) is 0.542. The Morgan fingerprint density at radius 1 is 1.05 bits per heavy atom. The molecule has 15 nitrogen and oxygen atoms in total. The maximum atomic E-state index is 14.1. The quantitative estimate of drug-likeness (QED) is 0.0989. The Hall–Kier alpha value is -5.88. The SMILES string of the molecule is CCCCOC(=O)N[C@H](CCCn1ccnc1N)C(=O)N[C@H]1CN(CCCC(=O)N2CCN(c3cc4c(cc3CC)C(=O)c3c([nH]c5cc(C#N)ccc35)C4(C)C)CC2)CC1(C)C. The maximum Gasteiger partial charge on any atom is 0.407 e. The number of H-pyrrole nitrogens is 1. The van der Waals surface area contributed by atoms with Crippen molar-refractivity contribution in [3.05, 3.63) is 76.2 Å². The highest BCUT2D eigenvalue weighted by atomic mass is 16.5. The van der Waals surface area contributed by atoms with E-state index in [-0.39, 0.29) is 29.1 Å². The van der Waals surface area contributed by atoms with Crippen LogP contribution in [0.25, 0.3) is 10.9 Å².